The molecule has 0 radical (unpaired) electrons. The van der Waals surface area contributed by atoms with E-state index in [1.54, 1.807) is 24.3 Å². The largest absolute Gasteiger partial charge is 0.507 e. The standard InChI is InChI=1S/C33H31NO4/c1-5-38-25-19-15-23(16-20-25)30(35)28-29(22-13-17-24(18-14-22)33(2,3)4)34(32(37)31(28)36)27-12-8-10-21-9-6-7-11-26(21)27/h6-20,29,35H,5H2,1-4H3/b30-28+. The fraction of sp³-hybridized carbons (Fsp3) is 0.212. The van der Waals surface area contributed by atoms with Crippen molar-refractivity contribution < 1.29 is 19.4 Å². The first-order chi connectivity index (χ1) is 18.2. The molecule has 4 aromatic rings. The number of aliphatic hydroxyl groups excluding tert-OH is 1. The van der Waals surface area contributed by atoms with Crippen molar-refractivity contribution in [2.24, 2.45) is 0 Å². The van der Waals surface area contributed by atoms with Crippen LogP contribution in [0.2, 0.25) is 0 Å². The Bertz CT molecular complexity index is 1540. The fourth-order valence-electron chi connectivity index (χ4n) is 5.01. The first-order valence-corrected chi connectivity index (χ1v) is 12.8. The van der Waals surface area contributed by atoms with Gasteiger partial charge in [0, 0.05) is 10.9 Å². The van der Waals surface area contributed by atoms with Gasteiger partial charge in [-0.25, -0.2) is 0 Å². The summed E-state index contributed by atoms with van der Waals surface area (Å²) in [6.45, 7) is 8.82. The highest BCUT2D eigenvalue weighted by Crippen LogP contribution is 2.44. The summed E-state index contributed by atoms with van der Waals surface area (Å²) < 4.78 is 5.52. The van der Waals surface area contributed by atoms with E-state index in [2.05, 4.69) is 20.8 Å². The number of hydrogen-bond donors (Lipinski definition) is 1. The Morgan fingerprint density at radius 3 is 2.18 bits per heavy atom. The molecule has 0 aliphatic carbocycles. The lowest BCUT2D eigenvalue weighted by Crippen LogP contribution is -2.29. The number of carbonyl (C=O) groups excluding carboxylic acids is 2. The number of rotatable bonds is 5. The molecule has 1 heterocycles. The molecule has 1 aliphatic heterocycles. The van der Waals surface area contributed by atoms with E-state index in [0.717, 1.165) is 21.9 Å². The van der Waals surface area contributed by atoms with Gasteiger partial charge >= 0.3 is 0 Å². The van der Waals surface area contributed by atoms with Crippen molar-refractivity contribution in [3.63, 3.8) is 0 Å². The number of anilines is 1. The van der Waals surface area contributed by atoms with Crippen LogP contribution in [0.1, 0.15) is 50.4 Å². The van der Waals surface area contributed by atoms with E-state index in [1.807, 2.05) is 73.7 Å². The average molecular weight is 506 g/mol. The molecule has 4 aromatic carbocycles. The second kappa shape index (κ2) is 9.82. The van der Waals surface area contributed by atoms with Crippen LogP contribution >= 0.6 is 0 Å². The third kappa shape index (κ3) is 4.45. The van der Waals surface area contributed by atoms with Gasteiger partial charge in [-0.2, -0.15) is 0 Å². The minimum atomic E-state index is -0.790. The summed E-state index contributed by atoms with van der Waals surface area (Å²) in [6, 6.07) is 27.5. The zero-order valence-electron chi connectivity index (χ0n) is 22.1. The second-order valence-corrected chi connectivity index (χ2v) is 10.5. The molecular weight excluding hydrogens is 474 g/mol. The Hall–Kier alpha value is -4.38. The number of ether oxygens (including phenoxy) is 1. The molecule has 0 saturated carbocycles. The first kappa shape index (κ1) is 25.3. The van der Waals surface area contributed by atoms with Crippen LogP contribution in [0.4, 0.5) is 5.69 Å². The molecule has 1 saturated heterocycles. The number of hydrogen-bond acceptors (Lipinski definition) is 4. The predicted octanol–water partition coefficient (Wildman–Crippen LogP) is 7.16. The van der Waals surface area contributed by atoms with E-state index >= 15 is 0 Å². The Balaban J connectivity index is 1.72. The second-order valence-electron chi connectivity index (χ2n) is 10.5. The quantitative estimate of drug-likeness (QED) is 0.177. The van der Waals surface area contributed by atoms with Gasteiger partial charge in [-0.15, -0.1) is 0 Å². The average Bonchev–Trinajstić information content (AvgIpc) is 3.18. The SMILES string of the molecule is CCOc1ccc(/C(O)=C2\C(=O)C(=O)N(c3cccc4ccccc34)C2c2ccc(C(C)(C)C)cc2)cc1. The van der Waals surface area contributed by atoms with Crippen molar-refractivity contribution in [2.75, 3.05) is 11.5 Å². The summed E-state index contributed by atoms with van der Waals surface area (Å²) in [5.41, 5.74) is 2.96. The molecule has 192 valence electrons. The van der Waals surface area contributed by atoms with E-state index in [4.69, 9.17) is 4.74 Å². The van der Waals surface area contributed by atoms with Gasteiger partial charge in [0.15, 0.2) is 0 Å². The number of Topliss-reactive ketones (excluding diaryl/α,β-unsaturated/α-hetero) is 1. The number of aliphatic hydroxyl groups is 1. The lowest BCUT2D eigenvalue weighted by atomic mass is 9.85. The van der Waals surface area contributed by atoms with Crippen LogP contribution < -0.4 is 9.64 Å². The Morgan fingerprint density at radius 2 is 1.53 bits per heavy atom. The molecule has 1 unspecified atom stereocenters. The van der Waals surface area contributed by atoms with Crippen molar-refractivity contribution in [2.45, 2.75) is 39.2 Å². The Labute approximate surface area is 223 Å². The van der Waals surface area contributed by atoms with Crippen LogP contribution in [-0.4, -0.2) is 23.4 Å². The molecule has 5 heteroatoms. The van der Waals surface area contributed by atoms with E-state index in [1.165, 1.54) is 4.90 Å². The van der Waals surface area contributed by atoms with Crippen LogP contribution in [0.3, 0.4) is 0 Å². The summed E-state index contributed by atoms with van der Waals surface area (Å²) >= 11 is 0. The van der Waals surface area contributed by atoms with Gasteiger partial charge in [0.25, 0.3) is 11.7 Å². The van der Waals surface area contributed by atoms with Crippen LogP contribution in [0, 0.1) is 0 Å². The van der Waals surface area contributed by atoms with E-state index < -0.39 is 17.7 Å². The van der Waals surface area contributed by atoms with Gasteiger partial charge in [0.05, 0.1) is 23.9 Å². The van der Waals surface area contributed by atoms with Crippen LogP contribution in [-0.2, 0) is 15.0 Å². The molecule has 5 nitrogen and oxygen atoms in total. The monoisotopic (exact) mass is 505 g/mol. The fourth-order valence-corrected chi connectivity index (χ4v) is 5.01. The molecule has 0 aromatic heterocycles. The summed E-state index contributed by atoms with van der Waals surface area (Å²) in [5, 5.41) is 13.3. The zero-order chi connectivity index (χ0) is 27.0. The maximum atomic E-state index is 13.7. The smallest absolute Gasteiger partial charge is 0.300 e. The maximum Gasteiger partial charge on any atom is 0.300 e. The third-order valence-electron chi connectivity index (χ3n) is 7.00. The highest BCUT2D eigenvalue weighted by molar-refractivity contribution is 6.52. The van der Waals surface area contributed by atoms with Crippen molar-refractivity contribution in [1.82, 2.24) is 0 Å². The Morgan fingerprint density at radius 1 is 0.868 bits per heavy atom. The van der Waals surface area contributed by atoms with E-state index in [9.17, 15) is 14.7 Å². The number of benzene rings is 4. The van der Waals surface area contributed by atoms with Gasteiger partial charge in [-0.05, 0) is 59.2 Å². The van der Waals surface area contributed by atoms with E-state index in [0.29, 0.717) is 23.6 Å². The normalized spacial score (nSPS) is 17.3. The molecule has 0 spiro atoms. The number of amides is 1. The predicted molar refractivity (Wildman–Crippen MR) is 151 cm³/mol. The third-order valence-corrected chi connectivity index (χ3v) is 7.00. The van der Waals surface area contributed by atoms with Gasteiger partial charge < -0.3 is 9.84 Å². The molecule has 5 rings (SSSR count). The summed E-state index contributed by atoms with van der Waals surface area (Å²) in [6.07, 6.45) is 0. The molecule has 1 N–H and O–H groups in total. The molecule has 1 aliphatic rings. The maximum absolute atomic E-state index is 13.7. The molecule has 1 fully saturated rings. The highest BCUT2D eigenvalue weighted by atomic mass is 16.5. The summed E-state index contributed by atoms with van der Waals surface area (Å²) in [4.78, 5) is 28.8. The highest BCUT2D eigenvalue weighted by Gasteiger charge is 2.47. The van der Waals surface area contributed by atoms with Crippen LogP contribution in [0.15, 0.2) is 96.6 Å². The van der Waals surface area contributed by atoms with Gasteiger partial charge in [0.1, 0.15) is 11.5 Å². The number of carbonyl (C=O) groups is 2. The number of ketones is 1. The van der Waals surface area contributed by atoms with Crippen LogP contribution in [0.5, 0.6) is 5.75 Å². The van der Waals surface area contributed by atoms with Crippen molar-refractivity contribution in [1.29, 1.82) is 0 Å². The van der Waals surface area contributed by atoms with Crippen molar-refractivity contribution in [3.05, 3.63) is 113 Å². The lowest BCUT2D eigenvalue weighted by Gasteiger charge is -2.27. The van der Waals surface area contributed by atoms with Gasteiger partial charge in [-0.3, -0.25) is 14.5 Å². The summed E-state index contributed by atoms with van der Waals surface area (Å²) in [7, 11) is 0. The first-order valence-electron chi connectivity index (χ1n) is 12.8. The molecule has 1 atom stereocenters. The van der Waals surface area contributed by atoms with Gasteiger partial charge in [-0.1, -0.05) is 81.4 Å². The minimum absolute atomic E-state index is 0.0573. The molecule has 0 bridgehead atoms. The lowest BCUT2D eigenvalue weighted by molar-refractivity contribution is -0.132. The molecule has 38 heavy (non-hydrogen) atoms. The summed E-state index contributed by atoms with van der Waals surface area (Å²) in [5.74, 6) is -0.929. The van der Waals surface area contributed by atoms with Crippen molar-refractivity contribution in [3.8, 4) is 5.75 Å². The minimum Gasteiger partial charge on any atom is -0.507 e. The number of fused-ring (bicyclic) bond motifs is 1. The zero-order valence-corrected chi connectivity index (χ0v) is 22.1. The molecular formula is C33H31NO4. The van der Waals surface area contributed by atoms with Gasteiger partial charge in [0.2, 0.25) is 0 Å². The van der Waals surface area contributed by atoms with Crippen molar-refractivity contribution >= 4 is 33.9 Å². The Kier molecular flexibility index (Phi) is 6.53. The molecule has 1 amide bonds. The van der Waals surface area contributed by atoms with E-state index in [-0.39, 0.29) is 16.7 Å². The van der Waals surface area contributed by atoms with Crippen LogP contribution in [0.25, 0.3) is 16.5 Å². The number of nitrogens with zero attached hydrogens (tertiary/aromatic N) is 1. The topological polar surface area (TPSA) is 66.8 Å².